The Morgan fingerprint density at radius 3 is 2.59 bits per heavy atom. The average molecular weight is 316 g/mol. The molecular formula is C18H20O3S. The average Bonchev–Trinajstić information content (AvgIpc) is 2.55. The fourth-order valence-corrected chi connectivity index (χ4v) is 3.17. The van der Waals surface area contributed by atoms with E-state index < -0.39 is 0 Å². The highest BCUT2D eigenvalue weighted by molar-refractivity contribution is 8.00. The van der Waals surface area contributed by atoms with Crippen LogP contribution in [-0.4, -0.2) is 24.9 Å². The molecule has 4 heteroatoms. The molecule has 0 aromatic heterocycles. The van der Waals surface area contributed by atoms with Gasteiger partial charge in [0.2, 0.25) is 0 Å². The van der Waals surface area contributed by atoms with Crippen LogP contribution in [0, 0.1) is 0 Å². The Labute approximate surface area is 135 Å². The van der Waals surface area contributed by atoms with E-state index in [4.69, 9.17) is 9.47 Å². The molecule has 0 aliphatic heterocycles. The van der Waals surface area contributed by atoms with Crippen molar-refractivity contribution in [2.45, 2.75) is 23.5 Å². The zero-order valence-electron chi connectivity index (χ0n) is 12.8. The molecule has 0 saturated carbocycles. The molecule has 0 saturated heterocycles. The van der Waals surface area contributed by atoms with Crippen LogP contribution in [-0.2, 0) is 16.0 Å². The summed E-state index contributed by atoms with van der Waals surface area (Å²) < 4.78 is 10.5. The highest BCUT2D eigenvalue weighted by Crippen LogP contribution is 2.27. The van der Waals surface area contributed by atoms with Crippen LogP contribution in [0.5, 0.6) is 5.75 Å². The van der Waals surface area contributed by atoms with Crippen molar-refractivity contribution in [2.75, 3.05) is 13.7 Å². The van der Waals surface area contributed by atoms with Gasteiger partial charge in [-0.1, -0.05) is 30.3 Å². The van der Waals surface area contributed by atoms with Gasteiger partial charge in [-0.2, -0.15) is 0 Å². The van der Waals surface area contributed by atoms with E-state index in [9.17, 15) is 4.79 Å². The lowest BCUT2D eigenvalue weighted by Gasteiger charge is -2.15. The van der Waals surface area contributed by atoms with Gasteiger partial charge in [0.15, 0.2) is 0 Å². The first-order valence-corrected chi connectivity index (χ1v) is 8.12. The van der Waals surface area contributed by atoms with Crippen LogP contribution in [0.25, 0.3) is 0 Å². The minimum Gasteiger partial charge on any atom is -0.497 e. The summed E-state index contributed by atoms with van der Waals surface area (Å²) in [6, 6.07) is 17.7. The van der Waals surface area contributed by atoms with Gasteiger partial charge in [0, 0.05) is 4.90 Å². The monoisotopic (exact) mass is 316 g/mol. The number of carbonyl (C=O) groups is 1. The number of carbonyl (C=O) groups excluding carboxylic acids is 1. The summed E-state index contributed by atoms with van der Waals surface area (Å²) in [4.78, 5) is 13.3. The minimum atomic E-state index is -0.269. The summed E-state index contributed by atoms with van der Waals surface area (Å²) in [6.07, 6.45) is 0.607. The van der Waals surface area contributed by atoms with E-state index in [-0.39, 0.29) is 11.2 Å². The normalized spacial score (nSPS) is 11.7. The zero-order valence-corrected chi connectivity index (χ0v) is 13.6. The molecule has 3 nitrogen and oxygen atoms in total. The molecule has 2 rings (SSSR count). The Bertz CT molecular complexity index is 598. The summed E-state index contributed by atoms with van der Waals surface area (Å²) in [6.45, 7) is 2.22. The van der Waals surface area contributed by atoms with Gasteiger partial charge >= 0.3 is 5.97 Å². The number of ether oxygens (including phenoxy) is 2. The van der Waals surface area contributed by atoms with Crippen molar-refractivity contribution in [1.82, 2.24) is 0 Å². The summed E-state index contributed by atoms with van der Waals surface area (Å²) in [5, 5.41) is -0.269. The molecule has 2 aromatic rings. The standard InChI is InChI=1S/C18H20O3S/c1-3-21-18(19)17(22-16-10-5-4-6-11-16)13-14-8-7-9-15(12-14)20-2/h4-12,17H,3,13H2,1-2H3. The van der Waals surface area contributed by atoms with Crippen molar-refractivity contribution < 1.29 is 14.3 Å². The van der Waals surface area contributed by atoms with Gasteiger partial charge in [0.25, 0.3) is 0 Å². The van der Waals surface area contributed by atoms with Crippen LogP contribution in [0.1, 0.15) is 12.5 Å². The molecule has 2 aromatic carbocycles. The Morgan fingerprint density at radius 1 is 1.14 bits per heavy atom. The quantitative estimate of drug-likeness (QED) is 0.572. The third-order valence-electron chi connectivity index (χ3n) is 3.13. The van der Waals surface area contributed by atoms with Crippen LogP contribution in [0.4, 0.5) is 0 Å². The first-order chi connectivity index (χ1) is 10.7. The number of rotatable bonds is 7. The topological polar surface area (TPSA) is 35.5 Å². The van der Waals surface area contributed by atoms with Crippen LogP contribution in [0.2, 0.25) is 0 Å². The number of hydrogen-bond acceptors (Lipinski definition) is 4. The highest BCUT2D eigenvalue weighted by Gasteiger charge is 2.22. The molecule has 0 N–H and O–H groups in total. The van der Waals surface area contributed by atoms with Gasteiger partial charge in [-0.05, 0) is 43.2 Å². The molecule has 22 heavy (non-hydrogen) atoms. The summed E-state index contributed by atoms with van der Waals surface area (Å²) in [5.41, 5.74) is 1.06. The van der Waals surface area contributed by atoms with E-state index in [1.165, 1.54) is 11.8 Å². The van der Waals surface area contributed by atoms with Gasteiger partial charge in [-0.25, -0.2) is 0 Å². The molecule has 116 valence electrons. The Hall–Kier alpha value is -1.94. The molecule has 0 heterocycles. The number of benzene rings is 2. The van der Waals surface area contributed by atoms with Crippen molar-refractivity contribution in [1.29, 1.82) is 0 Å². The fourth-order valence-electron chi connectivity index (χ4n) is 2.09. The van der Waals surface area contributed by atoms with E-state index in [1.54, 1.807) is 7.11 Å². The van der Waals surface area contributed by atoms with Crippen molar-refractivity contribution >= 4 is 17.7 Å². The van der Waals surface area contributed by atoms with Gasteiger partial charge in [-0.15, -0.1) is 11.8 Å². The van der Waals surface area contributed by atoms with E-state index >= 15 is 0 Å². The summed E-state index contributed by atoms with van der Waals surface area (Å²) in [7, 11) is 1.64. The van der Waals surface area contributed by atoms with Crippen molar-refractivity contribution in [2.24, 2.45) is 0 Å². The number of methoxy groups -OCH3 is 1. The predicted molar refractivity (Wildman–Crippen MR) is 89.4 cm³/mol. The second-order valence-electron chi connectivity index (χ2n) is 4.73. The maximum Gasteiger partial charge on any atom is 0.319 e. The van der Waals surface area contributed by atoms with Crippen LogP contribution < -0.4 is 4.74 Å². The van der Waals surface area contributed by atoms with E-state index in [0.717, 1.165) is 16.2 Å². The fraction of sp³-hybridized carbons (Fsp3) is 0.278. The first-order valence-electron chi connectivity index (χ1n) is 7.24. The maximum atomic E-state index is 12.2. The molecule has 0 amide bonds. The van der Waals surface area contributed by atoms with Gasteiger partial charge in [-0.3, -0.25) is 4.79 Å². The Kier molecular flexibility index (Phi) is 6.34. The van der Waals surface area contributed by atoms with Crippen LogP contribution in [0.3, 0.4) is 0 Å². The molecular weight excluding hydrogens is 296 g/mol. The van der Waals surface area contributed by atoms with Gasteiger partial charge < -0.3 is 9.47 Å². The molecule has 1 atom stereocenters. The second kappa shape index (κ2) is 8.49. The highest BCUT2D eigenvalue weighted by atomic mass is 32.2. The molecule has 1 unspecified atom stereocenters. The SMILES string of the molecule is CCOC(=O)C(Cc1cccc(OC)c1)Sc1ccccc1. The molecule has 0 aliphatic rings. The van der Waals surface area contributed by atoms with Crippen molar-refractivity contribution in [3.8, 4) is 5.75 Å². The molecule has 0 spiro atoms. The summed E-state index contributed by atoms with van der Waals surface area (Å²) >= 11 is 1.53. The third-order valence-corrected chi connectivity index (χ3v) is 4.31. The second-order valence-corrected chi connectivity index (χ2v) is 6.00. The Balaban J connectivity index is 2.14. The molecule has 0 aliphatic carbocycles. The van der Waals surface area contributed by atoms with Crippen LogP contribution >= 0.6 is 11.8 Å². The van der Waals surface area contributed by atoms with E-state index in [2.05, 4.69) is 0 Å². The van der Waals surface area contributed by atoms with Gasteiger partial charge in [0.05, 0.1) is 13.7 Å². The lowest BCUT2D eigenvalue weighted by atomic mass is 10.1. The Morgan fingerprint density at radius 2 is 1.91 bits per heavy atom. The van der Waals surface area contributed by atoms with Crippen molar-refractivity contribution in [3.63, 3.8) is 0 Å². The zero-order chi connectivity index (χ0) is 15.8. The lowest BCUT2D eigenvalue weighted by Crippen LogP contribution is -2.22. The van der Waals surface area contributed by atoms with E-state index in [0.29, 0.717) is 13.0 Å². The smallest absolute Gasteiger partial charge is 0.319 e. The molecule has 0 bridgehead atoms. The van der Waals surface area contributed by atoms with Gasteiger partial charge in [0.1, 0.15) is 11.0 Å². The molecule has 0 radical (unpaired) electrons. The largest absolute Gasteiger partial charge is 0.497 e. The number of thioether (sulfide) groups is 1. The number of esters is 1. The minimum absolute atomic E-state index is 0.181. The summed E-state index contributed by atoms with van der Waals surface area (Å²) in [5.74, 6) is 0.615. The maximum absolute atomic E-state index is 12.2. The van der Waals surface area contributed by atoms with E-state index in [1.807, 2.05) is 61.5 Å². The van der Waals surface area contributed by atoms with Crippen molar-refractivity contribution in [3.05, 3.63) is 60.2 Å². The first kappa shape index (κ1) is 16.4. The predicted octanol–water partition coefficient (Wildman–Crippen LogP) is 3.96. The van der Waals surface area contributed by atoms with Crippen LogP contribution in [0.15, 0.2) is 59.5 Å². The third kappa shape index (κ3) is 4.81. The lowest BCUT2D eigenvalue weighted by molar-refractivity contribution is -0.142. The molecule has 0 fully saturated rings. The number of hydrogen-bond donors (Lipinski definition) is 0.